The highest BCUT2D eigenvalue weighted by molar-refractivity contribution is 6.24. The van der Waals surface area contributed by atoms with E-state index in [1.807, 2.05) is 0 Å². The van der Waals surface area contributed by atoms with E-state index in [0.717, 1.165) is 25.7 Å². The predicted molar refractivity (Wildman–Crippen MR) is 43.4 cm³/mol. The Balaban J connectivity index is 0. The number of unbranched alkanes of at least 4 members (excludes halogenated alkanes) is 3. The smallest absolute Gasteiger partial charge is 0.195 e. The van der Waals surface area contributed by atoms with Gasteiger partial charge in [0, 0.05) is 6.42 Å². The standard InChI is InChI=1S/C8H14O2.H2O/c1-2-3-4-5-6-8(10)7-9;/h7H,2-6H2,1H3;1H2. The molecule has 3 nitrogen and oxygen atoms in total. The van der Waals surface area contributed by atoms with Gasteiger partial charge in [-0.15, -0.1) is 0 Å². The van der Waals surface area contributed by atoms with Gasteiger partial charge in [-0.3, -0.25) is 9.59 Å². The quantitative estimate of drug-likeness (QED) is 0.329. The normalized spacial score (nSPS) is 8.45. The van der Waals surface area contributed by atoms with Crippen LogP contribution in [0.15, 0.2) is 0 Å². The van der Waals surface area contributed by atoms with Gasteiger partial charge >= 0.3 is 0 Å². The van der Waals surface area contributed by atoms with E-state index in [-0.39, 0.29) is 11.3 Å². The fraction of sp³-hybridized carbons (Fsp3) is 0.750. The summed E-state index contributed by atoms with van der Waals surface area (Å²) < 4.78 is 0. The van der Waals surface area contributed by atoms with Crippen LogP contribution in [0.4, 0.5) is 0 Å². The molecule has 0 heterocycles. The lowest BCUT2D eigenvalue weighted by atomic mass is 10.1. The second kappa shape index (κ2) is 9.30. The Kier molecular flexibility index (Phi) is 10.9. The molecule has 11 heavy (non-hydrogen) atoms. The lowest BCUT2D eigenvalue weighted by Gasteiger charge is -1.93. The minimum absolute atomic E-state index is 0. The van der Waals surface area contributed by atoms with Crippen LogP contribution in [0.25, 0.3) is 0 Å². The molecule has 0 unspecified atom stereocenters. The van der Waals surface area contributed by atoms with Gasteiger partial charge < -0.3 is 5.48 Å². The SMILES string of the molecule is CCCCCCC(=O)C=O.O. The van der Waals surface area contributed by atoms with Gasteiger partial charge in [0.15, 0.2) is 12.1 Å². The summed E-state index contributed by atoms with van der Waals surface area (Å²) in [7, 11) is 0. The third kappa shape index (κ3) is 9.30. The first-order chi connectivity index (χ1) is 4.81. The van der Waals surface area contributed by atoms with Crippen LogP contribution in [0.5, 0.6) is 0 Å². The Morgan fingerprint density at radius 1 is 1.27 bits per heavy atom. The molecule has 0 aromatic carbocycles. The summed E-state index contributed by atoms with van der Waals surface area (Å²) in [4.78, 5) is 20.2. The lowest BCUT2D eigenvalue weighted by molar-refractivity contribution is -0.129. The van der Waals surface area contributed by atoms with E-state index in [2.05, 4.69) is 6.92 Å². The Morgan fingerprint density at radius 2 is 1.91 bits per heavy atom. The summed E-state index contributed by atoms with van der Waals surface area (Å²) in [5.41, 5.74) is 0. The number of ketones is 1. The van der Waals surface area contributed by atoms with Crippen molar-refractivity contribution in [2.75, 3.05) is 0 Å². The summed E-state index contributed by atoms with van der Waals surface area (Å²) in [6.07, 6.45) is 5.10. The number of hydrogen-bond donors (Lipinski definition) is 0. The highest BCUT2D eigenvalue weighted by Crippen LogP contribution is 2.01. The first kappa shape index (κ1) is 12.9. The summed E-state index contributed by atoms with van der Waals surface area (Å²) >= 11 is 0. The highest BCUT2D eigenvalue weighted by Gasteiger charge is 1.96. The molecule has 0 aliphatic carbocycles. The predicted octanol–water partition coefficient (Wildman–Crippen LogP) is 0.900. The summed E-state index contributed by atoms with van der Waals surface area (Å²) in [6.45, 7) is 2.11. The monoisotopic (exact) mass is 160 g/mol. The molecule has 0 bridgehead atoms. The molecular formula is C8H16O3. The van der Waals surface area contributed by atoms with Gasteiger partial charge in [-0.1, -0.05) is 26.2 Å². The van der Waals surface area contributed by atoms with Crippen molar-refractivity contribution >= 4 is 12.1 Å². The Hall–Kier alpha value is -0.700. The molecular weight excluding hydrogens is 144 g/mol. The molecule has 3 heteroatoms. The van der Waals surface area contributed by atoms with Crippen molar-refractivity contribution in [2.45, 2.75) is 39.0 Å². The molecule has 0 spiro atoms. The third-order valence-corrected chi connectivity index (χ3v) is 1.41. The summed E-state index contributed by atoms with van der Waals surface area (Å²) in [5.74, 6) is -0.267. The first-order valence-electron chi connectivity index (χ1n) is 3.79. The molecule has 0 aromatic heterocycles. The molecule has 66 valence electrons. The van der Waals surface area contributed by atoms with Gasteiger partial charge in [0.05, 0.1) is 0 Å². The van der Waals surface area contributed by atoms with Crippen molar-refractivity contribution in [1.29, 1.82) is 0 Å². The van der Waals surface area contributed by atoms with E-state index >= 15 is 0 Å². The largest absolute Gasteiger partial charge is 0.412 e. The van der Waals surface area contributed by atoms with E-state index in [0.29, 0.717) is 12.7 Å². The van der Waals surface area contributed by atoms with E-state index in [1.165, 1.54) is 0 Å². The fourth-order valence-corrected chi connectivity index (χ4v) is 0.785. The van der Waals surface area contributed by atoms with Crippen molar-refractivity contribution in [3.05, 3.63) is 0 Å². The second-order valence-electron chi connectivity index (χ2n) is 2.39. The van der Waals surface area contributed by atoms with Crippen molar-refractivity contribution in [3.8, 4) is 0 Å². The minimum Gasteiger partial charge on any atom is -0.412 e. The lowest BCUT2D eigenvalue weighted by Crippen LogP contribution is -1.97. The molecule has 0 rings (SSSR count). The van der Waals surface area contributed by atoms with Crippen LogP contribution in [-0.2, 0) is 9.59 Å². The summed E-state index contributed by atoms with van der Waals surface area (Å²) in [6, 6.07) is 0. The Bertz CT molecular complexity index is 110. The van der Waals surface area contributed by atoms with Gasteiger partial charge in [-0.05, 0) is 6.42 Å². The van der Waals surface area contributed by atoms with E-state index in [4.69, 9.17) is 0 Å². The van der Waals surface area contributed by atoms with Crippen molar-refractivity contribution in [2.24, 2.45) is 0 Å². The number of aldehydes is 1. The van der Waals surface area contributed by atoms with Crippen LogP contribution in [0.2, 0.25) is 0 Å². The van der Waals surface area contributed by atoms with Crippen molar-refractivity contribution < 1.29 is 15.1 Å². The van der Waals surface area contributed by atoms with Crippen LogP contribution in [0.3, 0.4) is 0 Å². The maximum atomic E-state index is 10.4. The number of hydrogen-bond acceptors (Lipinski definition) is 2. The Labute approximate surface area is 67.1 Å². The zero-order valence-electron chi connectivity index (χ0n) is 6.93. The topological polar surface area (TPSA) is 65.6 Å². The van der Waals surface area contributed by atoms with Gasteiger partial charge in [0.2, 0.25) is 0 Å². The molecule has 0 saturated heterocycles. The van der Waals surface area contributed by atoms with Gasteiger partial charge in [-0.25, -0.2) is 0 Å². The molecule has 0 atom stereocenters. The zero-order chi connectivity index (χ0) is 7.82. The highest BCUT2D eigenvalue weighted by atomic mass is 16.2. The molecule has 0 saturated carbocycles. The average Bonchev–Trinajstić information content (AvgIpc) is 1.98. The van der Waals surface area contributed by atoms with Crippen LogP contribution >= 0.6 is 0 Å². The van der Waals surface area contributed by atoms with Gasteiger partial charge in [0.25, 0.3) is 0 Å². The molecule has 0 fully saturated rings. The number of rotatable bonds is 6. The van der Waals surface area contributed by atoms with Crippen LogP contribution in [-0.4, -0.2) is 17.5 Å². The van der Waals surface area contributed by atoms with Crippen LogP contribution < -0.4 is 0 Å². The van der Waals surface area contributed by atoms with Gasteiger partial charge in [0.1, 0.15) is 0 Å². The maximum Gasteiger partial charge on any atom is 0.195 e. The molecule has 0 aromatic rings. The van der Waals surface area contributed by atoms with Crippen LogP contribution in [0, 0.1) is 0 Å². The van der Waals surface area contributed by atoms with E-state index in [9.17, 15) is 9.59 Å². The number of Topliss-reactive ketones (excluding diaryl/α,β-unsaturated/α-hetero) is 1. The van der Waals surface area contributed by atoms with Crippen molar-refractivity contribution in [3.63, 3.8) is 0 Å². The molecule has 0 amide bonds. The second-order valence-corrected chi connectivity index (χ2v) is 2.39. The Morgan fingerprint density at radius 3 is 2.36 bits per heavy atom. The van der Waals surface area contributed by atoms with Gasteiger partial charge in [-0.2, -0.15) is 0 Å². The minimum atomic E-state index is -0.267. The average molecular weight is 160 g/mol. The third-order valence-electron chi connectivity index (χ3n) is 1.41. The maximum absolute atomic E-state index is 10.4. The first-order valence-corrected chi connectivity index (χ1v) is 3.79. The van der Waals surface area contributed by atoms with Crippen molar-refractivity contribution in [1.82, 2.24) is 0 Å². The number of carbonyl (C=O) groups is 2. The molecule has 0 aliphatic heterocycles. The zero-order valence-corrected chi connectivity index (χ0v) is 6.93. The summed E-state index contributed by atoms with van der Waals surface area (Å²) in [5, 5.41) is 0. The van der Waals surface area contributed by atoms with Crippen LogP contribution in [0.1, 0.15) is 39.0 Å². The van der Waals surface area contributed by atoms with E-state index < -0.39 is 0 Å². The number of carbonyl (C=O) groups excluding carboxylic acids is 2. The van der Waals surface area contributed by atoms with E-state index in [1.54, 1.807) is 0 Å². The molecule has 0 radical (unpaired) electrons. The molecule has 2 N–H and O–H groups in total. The molecule has 0 aliphatic rings. The fourth-order valence-electron chi connectivity index (χ4n) is 0.785.